The van der Waals surface area contributed by atoms with Gasteiger partial charge in [-0.15, -0.1) is 11.8 Å². The molecule has 2 aliphatic rings. The molecular weight excluding hydrogens is 440 g/mol. The molecule has 0 spiro atoms. The number of nitrogens with zero attached hydrogens (tertiary/aromatic N) is 1. The SMILES string of the molecule is NC1C(=O)N2C(C(=O)OC(c3ccccc3)c3ccccc3)=C(CBr)CS[C@H]12. The summed E-state index contributed by atoms with van der Waals surface area (Å²) in [5.41, 5.74) is 8.82. The number of ether oxygens (including phenoxy) is 1. The molecule has 0 aromatic heterocycles. The highest BCUT2D eigenvalue weighted by molar-refractivity contribution is 9.09. The van der Waals surface area contributed by atoms with Crippen LogP contribution in [0.15, 0.2) is 71.9 Å². The highest BCUT2D eigenvalue weighted by Gasteiger charge is 2.52. The minimum absolute atomic E-state index is 0.204. The number of halogens is 1. The Morgan fingerprint density at radius 3 is 2.25 bits per heavy atom. The summed E-state index contributed by atoms with van der Waals surface area (Å²) in [4.78, 5) is 27.0. The molecule has 4 rings (SSSR count). The van der Waals surface area contributed by atoms with E-state index in [9.17, 15) is 9.59 Å². The van der Waals surface area contributed by atoms with Crippen LogP contribution in [-0.2, 0) is 14.3 Å². The average molecular weight is 459 g/mol. The largest absolute Gasteiger partial charge is 0.448 e. The molecule has 2 aromatic rings. The van der Waals surface area contributed by atoms with Crippen molar-refractivity contribution in [1.82, 2.24) is 4.90 Å². The van der Waals surface area contributed by atoms with Crippen LogP contribution in [0.25, 0.3) is 0 Å². The molecule has 7 heteroatoms. The van der Waals surface area contributed by atoms with E-state index in [4.69, 9.17) is 10.5 Å². The Kier molecular flexibility index (Phi) is 5.57. The fourth-order valence-corrected chi connectivity index (χ4v) is 5.44. The zero-order valence-electron chi connectivity index (χ0n) is 15.0. The highest BCUT2D eigenvalue weighted by atomic mass is 79.9. The summed E-state index contributed by atoms with van der Waals surface area (Å²) in [5, 5.41) is 0.294. The third kappa shape index (κ3) is 3.38. The van der Waals surface area contributed by atoms with Crippen LogP contribution in [0.1, 0.15) is 17.2 Å². The second-order valence-electron chi connectivity index (χ2n) is 6.63. The van der Waals surface area contributed by atoms with Gasteiger partial charge in [-0.05, 0) is 16.7 Å². The van der Waals surface area contributed by atoms with Gasteiger partial charge in [-0.3, -0.25) is 9.69 Å². The zero-order valence-corrected chi connectivity index (χ0v) is 17.4. The minimum atomic E-state index is -0.566. The number of rotatable bonds is 5. The van der Waals surface area contributed by atoms with E-state index in [1.54, 1.807) is 11.8 Å². The first-order valence-electron chi connectivity index (χ1n) is 8.91. The number of hydrogen-bond acceptors (Lipinski definition) is 5. The number of alkyl halides is 1. The number of fused-ring (bicyclic) bond motifs is 1. The molecule has 2 aromatic carbocycles. The van der Waals surface area contributed by atoms with E-state index in [-0.39, 0.29) is 11.3 Å². The van der Waals surface area contributed by atoms with Gasteiger partial charge in [0.2, 0.25) is 5.91 Å². The maximum atomic E-state index is 13.2. The number of carbonyl (C=O) groups is 2. The van der Waals surface area contributed by atoms with E-state index < -0.39 is 18.1 Å². The van der Waals surface area contributed by atoms with Crippen LogP contribution in [0.2, 0.25) is 0 Å². The van der Waals surface area contributed by atoms with Crippen molar-refractivity contribution in [2.75, 3.05) is 11.1 Å². The van der Waals surface area contributed by atoms with Crippen LogP contribution < -0.4 is 5.73 Å². The lowest BCUT2D eigenvalue weighted by Crippen LogP contribution is -2.68. The molecule has 1 fully saturated rings. The second-order valence-corrected chi connectivity index (χ2v) is 8.29. The number of nitrogens with two attached hydrogens (primary N) is 1. The molecule has 0 saturated carbocycles. The van der Waals surface area contributed by atoms with Crippen LogP contribution in [0.5, 0.6) is 0 Å². The maximum Gasteiger partial charge on any atom is 0.356 e. The van der Waals surface area contributed by atoms with E-state index in [2.05, 4.69) is 15.9 Å². The van der Waals surface area contributed by atoms with Crippen molar-refractivity contribution in [3.8, 4) is 0 Å². The Bertz CT molecular complexity index is 880. The summed E-state index contributed by atoms with van der Waals surface area (Å²) in [6.07, 6.45) is -0.558. The van der Waals surface area contributed by atoms with E-state index in [1.807, 2.05) is 60.7 Å². The van der Waals surface area contributed by atoms with E-state index >= 15 is 0 Å². The lowest BCUT2D eigenvalue weighted by atomic mass is 10.0. The molecule has 28 heavy (non-hydrogen) atoms. The smallest absolute Gasteiger partial charge is 0.356 e. The normalized spacial score (nSPS) is 21.4. The summed E-state index contributed by atoms with van der Waals surface area (Å²) < 4.78 is 5.97. The molecule has 5 nitrogen and oxygen atoms in total. The molecule has 0 radical (unpaired) electrons. The zero-order chi connectivity index (χ0) is 19.7. The van der Waals surface area contributed by atoms with Crippen molar-refractivity contribution in [3.63, 3.8) is 0 Å². The summed E-state index contributed by atoms with van der Waals surface area (Å²) in [6, 6.07) is 18.6. The monoisotopic (exact) mass is 458 g/mol. The summed E-state index contributed by atoms with van der Waals surface area (Å²) in [6.45, 7) is 0. The molecular formula is C21H19BrN2O3S. The molecule has 144 valence electrons. The summed E-state index contributed by atoms with van der Waals surface area (Å²) >= 11 is 5.01. The Labute approximate surface area is 176 Å². The maximum absolute atomic E-state index is 13.2. The molecule has 1 saturated heterocycles. The Morgan fingerprint density at radius 1 is 1.14 bits per heavy atom. The lowest BCUT2D eigenvalue weighted by molar-refractivity contribution is -0.153. The third-order valence-corrected chi connectivity index (χ3v) is 6.91. The van der Waals surface area contributed by atoms with Gasteiger partial charge in [-0.2, -0.15) is 0 Å². The van der Waals surface area contributed by atoms with Crippen LogP contribution in [0, 0.1) is 0 Å². The predicted octanol–water partition coefficient (Wildman–Crippen LogP) is 3.21. The standard InChI is InChI=1S/C21H19BrN2O3S/c22-11-15-12-28-20-16(23)19(25)24(20)17(15)21(26)27-18(13-7-3-1-4-8-13)14-9-5-2-6-10-14/h1-10,16,18,20H,11-12,23H2/t16?,20-/m1/s1. The van der Waals surface area contributed by atoms with Crippen LogP contribution in [-0.4, -0.2) is 39.3 Å². The molecule has 0 bridgehead atoms. The lowest BCUT2D eigenvalue weighted by Gasteiger charge is -2.48. The molecule has 2 N–H and O–H groups in total. The van der Waals surface area contributed by atoms with Gasteiger partial charge < -0.3 is 10.5 Å². The van der Waals surface area contributed by atoms with Crippen molar-refractivity contribution in [3.05, 3.63) is 83.1 Å². The van der Waals surface area contributed by atoms with Crippen LogP contribution >= 0.6 is 27.7 Å². The van der Waals surface area contributed by atoms with Crippen LogP contribution in [0.4, 0.5) is 0 Å². The first-order valence-corrected chi connectivity index (χ1v) is 11.1. The van der Waals surface area contributed by atoms with Gasteiger partial charge in [0.05, 0.1) is 0 Å². The number of carbonyl (C=O) groups excluding carboxylic acids is 2. The molecule has 2 heterocycles. The van der Waals surface area contributed by atoms with Crippen molar-refractivity contribution < 1.29 is 14.3 Å². The van der Waals surface area contributed by atoms with Crippen molar-refractivity contribution in [2.45, 2.75) is 17.5 Å². The molecule has 1 amide bonds. The van der Waals surface area contributed by atoms with Gasteiger partial charge in [0, 0.05) is 11.1 Å². The number of hydrogen-bond donors (Lipinski definition) is 1. The quantitative estimate of drug-likeness (QED) is 0.423. The van der Waals surface area contributed by atoms with E-state index in [1.165, 1.54) is 4.90 Å². The van der Waals surface area contributed by atoms with Gasteiger partial charge >= 0.3 is 5.97 Å². The Hall–Kier alpha value is -2.09. The predicted molar refractivity (Wildman–Crippen MR) is 113 cm³/mol. The Morgan fingerprint density at radius 2 is 1.71 bits per heavy atom. The molecule has 1 unspecified atom stereocenters. The minimum Gasteiger partial charge on any atom is -0.448 e. The summed E-state index contributed by atoms with van der Waals surface area (Å²) in [5.74, 6) is -0.101. The number of thioether (sulfide) groups is 1. The van der Waals surface area contributed by atoms with Crippen molar-refractivity contribution >= 4 is 39.6 Å². The number of esters is 1. The first-order chi connectivity index (χ1) is 13.6. The van der Waals surface area contributed by atoms with E-state index in [0.717, 1.165) is 16.7 Å². The number of β-lactam (4-membered cyclic amide) rings is 1. The summed E-state index contributed by atoms with van der Waals surface area (Å²) in [7, 11) is 0. The first kappa shape index (κ1) is 19.2. The molecule has 0 aliphatic carbocycles. The topological polar surface area (TPSA) is 72.6 Å². The fraction of sp³-hybridized carbons (Fsp3) is 0.238. The number of amides is 1. The average Bonchev–Trinajstić information content (AvgIpc) is 2.76. The molecule has 2 aliphatic heterocycles. The van der Waals surface area contributed by atoms with Crippen molar-refractivity contribution in [2.24, 2.45) is 5.73 Å². The van der Waals surface area contributed by atoms with Gasteiger partial charge in [0.15, 0.2) is 6.10 Å². The fourth-order valence-electron chi connectivity index (χ4n) is 3.42. The van der Waals surface area contributed by atoms with Gasteiger partial charge in [0.25, 0.3) is 0 Å². The second kappa shape index (κ2) is 8.11. The highest BCUT2D eigenvalue weighted by Crippen LogP contribution is 2.41. The number of benzene rings is 2. The third-order valence-electron chi connectivity index (χ3n) is 4.87. The van der Waals surface area contributed by atoms with Crippen LogP contribution in [0.3, 0.4) is 0 Å². The van der Waals surface area contributed by atoms with Crippen molar-refractivity contribution in [1.29, 1.82) is 0 Å². The van der Waals surface area contributed by atoms with Gasteiger partial charge in [-0.1, -0.05) is 76.6 Å². The Balaban J connectivity index is 1.68. The molecule has 2 atom stereocenters. The van der Waals surface area contributed by atoms with Gasteiger partial charge in [-0.25, -0.2) is 4.79 Å². The van der Waals surface area contributed by atoms with Gasteiger partial charge in [0.1, 0.15) is 17.1 Å². The van der Waals surface area contributed by atoms with E-state index in [0.29, 0.717) is 16.8 Å².